The number of carboxylic acid groups (broad SMARTS) is 1. The Bertz CT molecular complexity index is 1160. The first-order valence-corrected chi connectivity index (χ1v) is 8.61. The first kappa shape index (κ1) is 17.0. The van der Waals surface area contributed by atoms with Crippen molar-refractivity contribution in [1.29, 1.82) is 0 Å². The lowest BCUT2D eigenvalue weighted by Gasteiger charge is -2.13. The number of aliphatic hydroxyl groups excluding tert-OH is 1. The summed E-state index contributed by atoms with van der Waals surface area (Å²) in [6.45, 7) is 1.78. The number of hydrogen-bond donors (Lipinski definition) is 2. The van der Waals surface area contributed by atoms with Crippen molar-refractivity contribution >= 4 is 17.0 Å². The highest BCUT2D eigenvalue weighted by molar-refractivity contribution is 5.96. The van der Waals surface area contributed by atoms with Crippen LogP contribution in [-0.2, 0) is 6.61 Å². The topological polar surface area (TPSA) is 75.3 Å². The average molecular weight is 358 g/mol. The number of aromatic nitrogens is 2. The predicted octanol–water partition coefficient (Wildman–Crippen LogP) is 4.19. The SMILES string of the molecule is Cc1cc(-n2c(CO)nc3ccccc32)ccc1-c1ccccc1C(=O)O. The van der Waals surface area contributed by atoms with Gasteiger partial charge >= 0.3 is 5.97 Å². The molecule has 0 aliphatic heterocycles. The highest BCUT2D eigenvalue weighted by Gasteiger charge is 2.15. The molecule has 4 rings (SSSR count). The van der Waals surface area contributed by atoms with E-state index in [1.165, 1.54) is 0 Å². The summed E-state index contributed by atoms with van der Waals surface area (Å²) < 4.78 is 1.93. The standard InChI is InChI=1S/C22H18N2O3/c1-14-12-15(24-20-9-5-4-8-19(20)23-21(24)13-25)10-11-16(14)17-6-2-3-7-18(17)22(26)27/h2-12,25H,13H2,1H3,(H,26,27). The number of fused-ring (bicyclic) bond motifs is 1. The maximum atomic E-state index is 11.5. The molecule has 2 N–H and O–H groups in total. The fourth-order valence-corrected chi connectivity index (χ4v) is 3.46. The molecule has 0 spiro atoms. The van der Waals surface area contributed by atoms with Crippen molar-refractivity contribution in [3.63, 3.8) is 0 Å². The van der Waals surface area contributed by atoms with E-state index in [1.54, 1.807) is 12.1 Å². The van der Waals surface area contributed by atoms with E-state index in [2.05, 4.69) is 4.98 Å². The van der Waals surface area contributed by atoms with Crippen LogP contribution >= 0.6 is 0 Å². The third-order valence-corrected chi connectivity index (χ3v) is 4.69. The van der Waals surface area contributed by atoms with Crippen LogP contribution in [0.4, 0.5) is 0 Å². The quantitative estimate of drug-likeness (QED) is 0.573. The number of benzene rings is 3. The van der Waals surface area contributed by atoms with Crippen LogP contribution in [0.2, 0.25) is 0 Å². The van der Waals surface area contributed by atoms with E-state index in [1.807, 2.05) is 66.1 Å². The maximum Gasteiger partial charge on any atom is 0.336 e. The van der Waals surface area contributed by atoms with Crippen LogP contribution < -0.4 is 0 Å². The van der Waals surface area contributed by atoms with E-state index < -0.39 is 5.97 Å². The smallest absolute Gasteiger partial charge is 0.336 e. The predicted molar refractivity (Wildman–Crippen MR) is 104 cm³/mol. The van der Waals surface area contributed by atoms with Crippen molar-refractivity contribution in [1.82, 2.24) is 9.55 Å². The molecule has 0 atom stereocenters. The van der Waals surface area contributed by atoms with E-state index >= 15 is 0 Å². The van der Waals surface area contributed by atoms with E-state index in [0.717, 1.165) is 27.8 Å². The molecule has 0 saturated carbocycles. The van der Waals surface area contributed by atoms with Crippen LogP contribution in [0.25, 0.3) is 27.8 Å². The van der Waals surface area contributed by atoms with Crippen molar-refractivity contribution in [2.75, 3.05) is 0 Å². The van der Waals surface area contributed by atoms with Gasteiger partial charge < -0.3 is 10.2 Å². The van der Waals surface area contributed by atoms with Crippen molar-refractivity contribution in [3.8, 4) is 16.8 Å². The Kier molecular flexibility index (Phi) is 4.22. The zero-order valence-electron chi connectivity index (χ0n) is 14.8. The highest BCUT2D eigenvalue weighted by atomic mass is 16.4. The van der Waals surface area contributed by atoms with E-state index in [-0.39, 0.29) is 12.2 Å². The van der Waals surface area contributed by atoms with Crippen LogP contribution in [0.5, 0.6) is 0 Å². The van der Waals surface area contributed by atoms with Gasteiger partial charge in [0.25, 0.3) is 0 Å². The second-order valence-electron chi connectivity index (χ2n) is 6.36. The molecule has 1 heterocycles. The molecule has 3 aromatic carbocycles. The van der Waals surface area contributed by atoms with Gasteiger partial charge in [-0.15, -0.1) is 0 Å². The van der Waals surface area contributed by atoms with Gasteiger partial charge in [-0.3, -0.25) is 4.57 Å². The second kappa shape index (κ2) is 6.70. The molecule has 5 heteroatoms. The Labute approximate surface area is 156 Å². The summed E-state index contributed by atoms with van der Waals surface area (Å²) in [7, 11) is 0. The third-order valence-electron chi connectivity index (χ3n) is 4.69. The van der Waals surface area contributed by atoms with Crippen LogP contribution in [0.15, 0.2) is 66.7 Å². The van der Waals surface area contributed by atoms with Crippen molar-refractivity contribution < 1.29 is 15.0 Å². The van der Waals surface area contributed by atoms with Crippen LogP contribution in [0, 0.1) is 6.92 Å². The molecule has 134 valence electrons. The lowest BCUT2D eigenvalue weighted by Crippen LogP contribution is -2.03. The second-order valence-corrected chi connectivity index (χ2v) is 6.36. The molecule has 0 fully saturated rings. The summed E-state index contributed by atoms with van der Waals surface area (Å²) in [5.74, 6) is -0.383. The van der Waals surface area contributed by atoms with Crippen molar-refractivity contribution in [2.45, 2.75) is 13.5 Å². The zero-order chi connectivity index (χ0) is 19.0. The van der Waals surface area contributed by atoms with Gasteiger partial charge in [0, 0.05) is 5.69 Å². The number of aryl methyl sites for hydroxylation is 1. The van der Waals surface area contributed by atoms with E-state index in [4.69, 9.17) is 0 Å². The fourth-order valence-electron chi connectivity index (χ4n) is 3.46. The summed E-state index contributed by atoms with van der Waals surface area (Å²) in [5.41, 5.74) is 5.39. The summed E-state index contributed by atoms with van der Waals surface area (Å²) in [6.07, 6.45) is 0. The van der Waals surface area contributed by atoms with Gasteiger partial charge in [0.2, 0.25) is 0 Å². The first-order valence-electron chi connectivity index (χ1n) is 8.61. The summed E-state index contributed by atoms with van der Waals surface area (Å²) in [6, 6.07) is 20.5. The molecular formula is C22H18N2O3. The molecule has 0 saturated heterocycles. The van der Waals surface area contributed by atoms with Gasteiger partial charge in [0.15, 0.2) is 0 Å². The monoisotopic (exact) mass is 358 g/mol. The van der Waals surface area contributed by atoms with Crippen LogP contribution in [0.3, 0.4) is 0 Å². The van der Waals surface area contributed by atoms with E-state index in [0.29, 0.717) is 11.4 Å². The fraction of sp³-hybridized carbons (Fsp3) is 0.0909. The summed E-state index contributed by atoms with van der Waals surface area (Å²) in [4.78, 5) is 16.0. The minimum atomic E-state index is -0.947. The molecule has 5 nitrogen and oxygen atoms in total. The van der Waals surface area contributed by atoms with Crippen LogP contribution in [0.1, 0.15) is 21.7 Å². The van der Waals surface area contributed by atoms with Gasteiger partial charge in [-0.25, -0.2) is 9.78 Å². The average Bonchev–Trinajstić information content (AvgIpc) is 3.06. The number of aromatic carboxylic acids is 1. The Morgan fingerprint density at radius 1 is 1.00 bits per heavy atom. The van der Waals surface area contributed by atoms with E-state index in [9.17, 15) is 15.0 Å². The molecule has 4 aromatic rings. The van der Waals surface area contributed by atoms with Gasteiger partial charge in [0.05, 0.1) is 16.6 Å². The normalized spacial score (nSPS) is 11.0. The molecule has 1 aromatic heterocycles. The lowest BCUT2D eigenvalue weighted by atomic mass is 9.95. The molecule has 0 unspecified atom stereocenters. The molecule has 0 radical (unpaired) electrons. The minimum absolute atomic E-state index is 0.169. The number of imidazole rings is 1. The lowest BCUT2D eigenvalue weighted by molar-refractivity contribution is 0.0697. The zero-order valence-corrected chi connectivity index (χ0v) is 14.8. The maximum absolute atomic E-state index is 11.5. The molecular weight excluding hydrogens is 340 g/mol. The molecule has 0 aliphatic rings. The molecule has 0 amide bonds. The van der Waals surface area contributed by atoms with Gasteiger partial charge in [-0.05, 0) is 53.9 Å². The number of hydrogen-bond acceptors (Lipinski definition) is 3. The number of nitrogens with zero attached hydrogens (tertiary/aromatic N) is 2. The van der Waals surface area contributed by atoms with Gasteiger partial charge in [0.1, 0.15) is 12.4 Å². The van der Waals surface area contributed by atoms with Gasteiger partial charge in [-0.2, -0.15) is 0 Å². The van der Waals surface area contributed by atoms with Crippen LogP contribution in [-0.4, -0.2) is 25.7 Å². The summed E-state index contributed by atoms with van der Waals surface area (Å²) in [5, 5.41) is 19.2. The van der Waals surface area contributed by atoms with Crippen molar-refractivity contribution in [2.24, 2.45) is 0 Å². The number of para-hydroxylation sites is 2. The van der Waals surface area contributed by atoms with Crippen molar-refractivity contribution in [3.05, 3.63) is 83.7 Å². The summed E-state index contributed by atoms with van der Waals surface area (Å²) >= 11 is 0. The van der Waals surface area contributed by atoms with Gasteiger partial charge in [-0.1, -0.05) is 36.4 Å². The Morgan fingerprint density at radius 3 is 2.48 bits per heavy atom. The third kappa shape index (κ3) is 2.88. The number of carbonyl (C=O) groups is 1. The highest BCUT2D eigenvalue weighted by Crippen LogP contribution is 2.30. The number of carboxylic acids is 1. The first-order chi connectivity index (χ1) is 13.1. The largest absolute Gasteiger partial charge is 0.478 e. The molecule has 27 heavy (non-hydrogen) atoms. The number of rotatable bonds is 4. The molecule has 0 aliphatic carbocycles. The Balaban J connectivity index is 1.88. The molecule has 0 bridgehead atoms. The Morgan fingerprint density at radius 2 is 1.74 bits per heavy atom. The Hall–Kier alpha value is -3.44. The minimum Gasteiger partial charge on any atom is -0.478 e. The number of aliphatic hydroxyl groups is 1.